The number of nitrogens with one attached hydrogen (secondary N) is 1. The van der Waals surface area contributed by atoms with Crippen LogP contribution in [0.2, 0.25) is 0 Å². The summed E-state index contributed by atoms with van der Waals surface area (Å²) < 4.78 is 12.9. The molecule has 0 atom stereocenters. The molecule has 5 heteroatoms. The van der Waals surface area contributed by atoms with Gasteiger partial charge in [0, 0.05) is 26.3 Å². The average Bonchev–Trinajstić information content (AvgIpc) is 2.70. The van der Waals surface area contributed by atoms with Crippen LogP contribution in [0.3, 0.4) is 0 Å². The van der Waals surface area contributed by atoms with E-state index in [1.165, 1.54) is 12.1 Å². The predicted octanol–water partition coefficient (Wildman–Crippen LogP) is 4.15. The fraction of sp³-hybridized carbons (Fsp3) is 0.182. The SMILES string of the molecule is CN(Cc1ccccc1)C(=O)c1ccc(NCCc2ccc(F)cc2)nc1. The Labute approximate surface area is 158 Å². The van der Waals surface area contributed by atoms with Crippen molar-refractivity contribution in [2.45, 2.75) is 13.0 Å². The van der Waals surface area contributed by atoms with E-state index < -0.39 is 0 Å². The second-order valence-corrected chi connectivity index (χ2v) is 6.38. The first-order valence-electron chi connectivity index (χ1n) is 8.85. The van der Waals surface area contributed by atoms with Crippen LogP contribution < -0.4 is 5.32 Å². The van der Waals surface area contributed by atoms with Gasteiger partial charge in [-0.25, -0.2) is 9.37 Å². The highest BCUT2D eigenvalue weighted by Gasteiger charge is 2.12. The average molecular weight is 363 g/mol. The van der Waals surface area contributed by atoms with Crippen LogP contribution in [0.15, 0.2) is 72.9 Å². The van der Waals surface area contributed by atoms with Crippen LogP contribution in [0.25, 0.3) is 0 Å². The molecule has 0 aliphatic rings. The molecule has 0 spiro atoms. The number of aromatic nitrogens is 1. The molecule has 3 aromatic rings. The minimum absolute atomic E-state index is 0.0655. The van der Waals surface area contributed by atoms with Gasteiger partial charge in [0.15, 0.2) is 0 Å². The number of amides is 1. The van der Waals surface area contributed by atoms with Crippen LogP contribution in [0.4, 0.5) is 10.2 Å². The van der Waals surface area contributed by atoms with E-state index in [4.69, 9.17) is 0 Å². The molecule has 3 rings (SSSR count). The lowest BCUT2D eigenvalue weighted by Gasteiger charge is -2.17. The Kier molecular flexibility index (Phi) is 6.15. The zero-order valence-electron chi connectivity index (χ0n) is 15.2. The number of benzene rings is 2. The Morgan fingerprint density at radius 1 is 1.00 bits per heavy atom. The normalized spacial score (nSPS) is 10.4. The van der Waals surface area contributed by atoms with E-state index in [9.17, 15) is 9.18 Å². The van der Waals surface area contributed by atoms with Gasteiger partial charge in [0.05, 0.1) is 5.56 Å². The van der Waals surface area contributed by atoms with Gasteiger partial charge < -0.3 is 10.2 Å². The lowest BCUT2D eigenvalue weighted by Crippen LogP contribution is -2.26. The molecule has 0 aliphatic heterocycles. The number of pyridine rings is 1. The van der Waals surface area contributed by atoms with E-state index in [2.05, 4.69) is 10.3 Å². The summed E-state index contributed by atoms with van der Waals surface area (Å²) in [5, 5.41) is 3.21. The van der Waals surface area contributed by atoms with Crippen molar-refractivity contribution in [2.75, 3.05) is 18.9 Å². The number of carbonyl (C=O) groups excluding carboxylic acids is 1. The third-order valence-corrected chi connectivity index (χ3v) is 4.25. The van der Waals surface area contributed by atoms with Crippen molar-refractivity contribution >= 4 is 11.7 Å². The summed E-state index contributed by atoms with van der Waals surface area (Å²) in [5.74, 6) is 0.412. The van der Waals surface area contributed by atoms with Crippen LogP contribution in [-0.2, 0) is 13.0 Å². The predicted molar refractivity (Wildman–Crippen MR) is 105 cm³/mol. The minimum Gasteiger partial charge on any atom is -0.370 e. The molecule has 2 aromatic carbocycles. The highest BCUT2D eigenvalue weighted by molar-refractivity contribution is 5.93. The molecule has 0 fully saturated rings. The lowest BCUT2D eigenvalue weighted by atomic mass is 10.1. The monoisotopic (exact) mass is 363 g/mol. The molecule has 138 valence electrons. The van der Waals surface area contributed by atoms with Crippen LogP contribution in [0.1, 0.15) is 21.5 Å². The third-order valence-electron chi connectivity index (χ3n) is 4.25. The Hall–Kier alpha value is -3.21. The summed E-state index contributed by atoms with van der Waals surface area (Å²) >= 11 is 0. The topological polar surface area (TPSA) is 45.2 Å². The molecule has 0 saturated heterocycles. The molecule has 0 saturated carbocycles. The van der Waals surface area contributed by atoms with Crippen molar-refractivity contribution in [3.05, 3.63) is 95.4 Å². The molecule has 0 unspecified atom stereocenters. The van der Waals surface area contributed by atoms with Crippen molar-refractivity contribution in [2.24, 2.45) is 0 Å². The summed E-state index contributed by atoms with van der Waals surface area (Å²) in [6.45, 7) is 1.23. The van der Waals surface area contributed by atoms with E-state index in [0.29, 0.717) is 24.5 Å². The van der Waals surface area contributed by atoms with Crippen LogP contribution in [0.5, 0.6) is 0 Å². The van der Waals surface area contributed by atoms with Gasteiger partial charge in [-0.3, -0.25) is 4.79 Å². The fourth-order valence-corrected chi connectivity index (χ4v) is 2.76. The molecule has 0 radical (unpaired) electrons. The zero-order chi connectivity index (χ0) is 19.1. The Morgan fingerprint density at radius 2 is 1.74 bits per heavy atom. The molecule has 0 aliphatic carbocycles. The molecule has 1 amide bonds. The summed E-state index contributed by atoms with van der Waals surface area (Å²) in [4.78, 5) is 18.5. The molecule has 1 aromatic heterocycles. The van der Waals surface area contributed by atoms with Gasteiger partial charge >= 0.3 is 0 Å². The van der Waals surface area contributed by atoms with Gasteiger partial charge in [0.25, 0.3) is 5.91 Å². The van der Waals surface area contributed by atoms with Gasteiger partial charge in [-0.2, -0.15) is 0 Å². The first-order valence-corrected chi connectivity index (χ1v) is 8.85. The minimum atomic E-state index is -0.231. The molecular formula is C22H22FN3O. The summed E-state index contributed by atoms with van der Waals surface area (Å²) in [6, 6.07) is 19.9. The number of carbonyl (C=O) groups is 1. The Morgan fingerprint density at radius 3 is 2.41 bits per heavy atom. The van der Waals surface area contributed by atoms with Crippen molar-refractivity contribution in [3.8, 4) is 0 Å². The maximum absolute atomic E-state index is 12.9. The van der Waals surface area contributed by atoms with E-state index in [1.807, 2.05) is 30.3 Å². The quantitative estimate of drug-likeness (QED) is 0.686. The first kappa shape index (κ1) is 18.6. The smallest absolute Gasteiger partial charge is 0.255 e. The Bertz CT molecular complexity index is 864. The molecule has 1 heterocycles. The third kappa shape index (κ3) is 5.38. The van der Waals surface area contributed by atoms with Crippen LogP contribution >= 0.6 is 0 Å². The van der Waals surface area contributed by atoms with Gasteiger partial charge in [0.1, 0.15) is 11.6 Å². The van der Waals surface area contributed by atoms with Crippen molar-refractivity contribution in [1.82, 2.24) is 9.88 Å². The van der Waals surface area contributed by atoms with Gasteiger partial charge in [-0.1, -0.05) is 42.5 Å². The van der Waals surface area contributed by atoms with Crippen molar-refractivity contribution in [3.63, 3.8) is 0 Å². The second-order valence-electron chi connectivity index (χ2n) is 6.38. The van der Waals surface area contributed by atoms with Crippen LogP contribution in [0, 0.1) is 5.82 Å². The number of hydrogen-bond donors (Lipinski definition) is 1. The van der Waals surface area contributed by atoms with Crippen molar-refractivity contribution in [1.29, 1.82) is 0 Å². The number of hydrogen-bond acceptors (Lipinski definition) is 3. The van der Waals surface area contributed by atoms with E-state index >= 15 is 0 Å². The van der Waals surface area contributed by atoms with E-state index in [-0.39, 0.29) is 11.7 Å². The maximum atomic E-state index is 12.9. The number of halogens is 1. The van der Waals surface area contributed by atoms with Gasteiger partial charge in [-0.15, -0.1) is 0 Å². The fourth-order valence-electron chi connectivity index (χ4n) is 2.76. The molecule has 4 nitrogen and oxygen atoms in total. The number of nitrogens with zero attached hydrogens (tertiary/aromatic N) is 2. The molecule has 1 N–H and O–H groups in total. The number of anilines is 1. The van der Waals surface area contributed by atoms with Gasteiger partial charge in [0.2, 0.25) is 0 Å². The highest BCUT2D eigenvalue weighted by atomic mass is 19.1. The van der Waals surface area contributed by atoms with E-state index in [0.717, 1.165) is 17.5 Å². The summed E-state index contributed by atoms with van der Waals surface area (Å²) in [7, 11) is 1.78. The van der Waals surface area contributed by atoms with Gasteiger partial charge in [-0.05, 0) is 41.8 Å². The molecule has 27 heavy (non-hydrogen) atoms. The standard InChI is InChI=1S/C22H22FN3O/c1-26(16-18-5-3-2-4-6-18)22(27)19-9-12-21(25-15-19)24-14-13-17-7-10-20(23)11-8-17/h2-12,15H,13-14,16H2,1H3,(H,24,25). The number of rotatable bonds is 7. The maximum Gasteiger partial charge on any atom is 0.255 e. The molecule has 0 bridgehead atoms. The van der Waals surface area contributed by atoms with Crippen LogP contribution in [-0.4, -0.2) is 29.4 Å². The second kappa shape index (κ2) is 8.94. The van der Waals surface area contributed by atoms with E-state index in [1.54, 1.807) is 42.4 Å². The Balaban J connectivity index is 1.51. The summed E-state index contributed by atoms with van der Waals surface area (Å²) in [5.41, 5.74) is 2.69. The largest absolute Gasteiger partial charge is 0.370 e. The summed E-state index contributed by atoms with van der Waals surface area (Å²) in [6.07, 6.45) is 2.35. The first-order chi connectivity index (χ1) is 13.1. The zero-order valence-corrected chi connectivity index (χ0v) is 15.2. The molecular weight excluding hydrogens is 341 g/mol. The highest BCUT2D eigenvalue weighted by Crippen LogP contribution is 2.11. The lowest BCUT2D eigenvalue weighted by molar-refractivity contribution is 0.0784. The van der Waals surface area contributed by atoms with Crippen molar-refractivity contribution < 1.29 is 9.18 Å².